The van der Waals surface area contributed by atoms with E-state index < -0.39 is 17.1 Å². The topological polar surface area (TPSA) is 94.2 Å². The number of hydrogen-bond acceptors (Lipinski definition) is 7. The Morgan fingerprint density at radius 3 is 2.24 bits per heavy atom. The Labute approximate surface area is 203 Å². The van der Waals surface area contributed by atoms with Crippen molar-refractivity contribution in [1.82, 2.24) is 10.2 Å². The van der Waals surface area contributed by atoms with Crippen molar-refractivity contribution in [2.24, 2.45) is 11.3 Å². The normalized spacial score (nSPS) is 16.6. The highest BCUT2D eigenvalue weighted by Crippen LogP contribution is 2.36. The number of hydrogen-bond donors (Lipinski definition) is 1. The van der Waals surface area contributed by atoms with Gasteiger partial charge in [0.25, 0.3) is 0 Å². The number of esters is 2. The first-order valence-electron chi connectivity index (χ1n) is 12.0. The molecule has 2 rings (SSSR count). The fraction of sp³-hybridized carbons (Fsp3) is 0.654. The molecule has 1 aliphatic heterocycles. The first-order chi connectivity index (χ1) is 16.0. The minimum Gasteiger partial charge on any atom is -0.469 e. The van der Waals surface area contributed by atoms with Gasteiger partial charge in [0.15, 0.2) is 0 Å². The van der Waals surface area contributed by atoms with Gasteiger partial charge in [-0.3, -0.25) is 9.59 Å². The summed E-state index contributed by atoms with van der Waals surface area (Å²) in [6.07, 6.45) is 1.08. The Hall–Kier alpha value is -2.61. The van der Waals surface area contributed by atoms with Crippen molar-refractivity contribution in [2.45, 2.75) is 72.1 Å². The van der Waals surface area contributed by atoms with E-state index in [0.29, 0.717) is 38.9 Å². The molecule has 1 aliphatic rings. The van der Waals surface area contributed by atoms with Crippen LogP contribution >= 0.6 is 0 Å². The number of likely N-dealkylation sites (tertiary alicyclic amines) is 1. The first kappa shape index (κ1) is 27.6. The quantitative estimate of drug-likeness (QED) is 0.426. The lowest BCUT2D eigenvalue weighted by Crippen LogP contribution is -2.50. The maximum Gasteiger partial charge on any atom is 0.410 e. The summed E-state index contributed by atoms with van der Waals surface area (Å²) in [5, 5.41) is 3.28. The standard InChI is InChI=1S/C26H40N2O6/c1-19(2)21(22(29)33-18-20-10-8-7-9-11-20)27-15-12-26(23(30)32-6)13-16-28(17-14-26)24(31)34-25(3,4)5/h7-11,19,21,27H,12-18H2,1-6H3/t21-/m0/s1. The number of carbonyl (C=O) groups excluding carboxylic acids is 3. The molecule has 1 amide bonds. The van der Waals surface area contributed by atoms with Crippen LogP contribution in [0.1, 0.15) is 59.4 Å². The summed E-state index contributed by atoms with van der Waals surface area (Å²) >= 11 is 0. The average Bonchev–Trinajstić information content (AvgIpc) is 2.79. The minimum absolute atomic E-state index is 0.0198. The summed E-state index contributed by atoms with van der Waals surface area (Å²) in [6, 6.07) is 9.06. The smallest absolute Gasteiger partial charge is 0.410 e. The van der Waals surface area contributed by atoms with Crippen LogP contribution in [0.4, 0.5) is 4.79 Å². The van der Waals surface area contributed by atoms with E-state index in [1.165, 1.54) is 7.11 Å². The van der Waals surface area contributed by atoms with E-state index >= 15 is 0 Å². The molecule has 190 valence electrons. The van der Waals surface area contributed by atoms with Crippen LogP contribution in [0.2, 0.25) is 0 Å². The molecular formula is C26H40N2O6. The highest BCUT2D eigenvalue weighted by molar-refractivity contribution is 5.78. The third kappa shape index (κ3) is 8.01. The van der Waals surface area contributed by atoms with Crippen LogP contribution < -0.4 is 5.32 Å². The average molecular weight is 477 g/mol. The Morgan fingerprint density at radius 1 is 1.09 bits per heavy atom. The first-order valence-corrected chi connectivity index (χ1v) is 12.0. The second-order valence-corrected chi connectivity index (χ2v) is 10.3. The second-order valence-electron chi connectivity index (χ2n) is 10.3. The zero-order chi connectivity index (χ0) is 25.4. The van der Waals surface area contributed by atoms with E-state index in [1.807, 2.05) is 65.0 Å². The number of nitrogens with zero attached hydrogens (tertiary/aromatic N) is 1. The molecule has 0 bridgehead atoms. The summed E-state index contributed by atoms with van der Waals surface area (Å²) in [5.74, 6) is -0.581. The van der Waals surface area contributed by atoms with Gasteiger partial charge in [0, 0.05) is 13.1 Å². The van der Waals surface area contributed by atoms with Crippen LogP contribution in [0.5, 0.6) is 0 Å². The molecular weight excluding hydrogens is 436 g/mol. The molecule has 8 heteroatoms. The van der Waals surface area contributed by atoms with Gasteiger partial charge in [-0.05, 0) is 58.1 Å². The molecule has 1 aromatic rings. The van der Waals surface area contributed by atoms with Gasteiger partial charge in [-0.15, -0.1) is 0 Å². The summed E-state index contributed by atoms with van der Waals surface area (Å²) < 4.78 is 16.1. The van der Waals surface area contributed by atoms with Crippen LogP contribution in [-0.4, -0.2) is 61.3 Å². The number of rotatable bonds is 9. The number of amides is 1. The largest absolute Gasteiger partial charge is 0.469 e. The fourth-order valence-electron chi connectivity index (χ4n) is 4.09. The third-order valence-electron chi connectivity index (χ3n) is 6.10. The summed E-state index contributed by atoms with van der Waals surface area (Å²) in [7, 11) is 1.38. The molecule has 1 aromatic carbocycles. The highest BCUT2D eigenvalue weighted by Gasteiger charge is 2.43. The predicted octanol–water partition coefficient (Wildman–Crippen LogP) is 3.92. The van der Waals surface area contributed by atoms with Crippen molar-refractivity contribution in [1.29, 1.82) is 0 Å². The molecule has 1 heterocycles. The van der Waals surface area contributed by atoms with Crippen molar-refractivity contribution in [3.8, 4) is 0 Å². The number of ether oxygens (including phenoxy) is 3. The Kier molecular flexibility index (Phi) is 9.91. The number of nitrogens with one attached hydrogen (secondary N) is 1. The van der Waals surface area contributed by atoms with Gasteiger partial charge in [-0.2, -0.15) is 0 Å². The molecule has 0 saturated carbocycles. The van der Waals surface area contributed by atoms with E-state index in [9.17, 15) is 14.4 Å². The van der Waals surface area contributed by atoms with E-state index in [-0.39, 0.29) is 30.6 Å². The van der Waals surface area contributed by atoms with Crippen LogP contribution in [0.25, 0.3) is 0 Å². The Balaban J connectivity index is 1.94. The molecule has 1 saturated heterocycles. The fourth-order valence-corrected chi connectivity index (χ4v) is 4.09. The lowest BCUT2D eigenvalue weighted by atomic mass is 9.75. The maximum absolute atomic E-state index is 12.7. The molecule has 8 nitrogen and oxygen atoms in total. The third-order valence-corrected chi connectivity index (χ3v) is 6.10. The maximum atomic E-state index is 12.7. The van der Waals surface area contributed by atoms with Crippen molar-refractivity contribution >= 4 is 18.0 Å². The van der Waals surface area contributed by atoms with Crippen LogP contribution in [-0.2, 0) is 30.4 Å². The van der Waals surface area contributed by atoms with Crippen LogP contribution in [0.3, 0.4) is 0 Å². The monoisotopic (exact) mass is 476 g/mol. The van der Waals surface area contributed by atoms with Crippen molar-refractivity contribution < 1.29 is 28.6 Å². The van der Waals surface area contributed by atoms with Crippen LogP contribution in [0, 0.1) is 11.3 Å². The van der Waals surface area contributed by atoms with E-state index in [0.717, 1.165) is 5.56 Å². The van der Waals surface area contributed by atoms with E-state index in [2.05, 4.69) is 5.32 Å². The number of carbonyl (C=O) groups is 3. The zero-order valence-corrected chi connectivity index (χ0v) is 21.4. The van der Waals surface area contributed by atoms with Gasteiger partial charge >= 0.3 is 18.0 Å². The molecule has 1 atom stereocenters. The molecule has 1 fully saturated rings. The van der Waals surface area contributed by atoms with Gasteiger partial charge in [0.2, 0.25) is 0 Å². The number of methoxy groups -OCH3 is 1. The van der Waals surface area contributed by atoms with Gasteiger partial charge < -0.3 is 24.4 Å². The lowest BCUT2D eigenvalue weighted by Gasteiger charge is -2.40. The SMILES string of the molecule is COC(=O)C1(CCN[C@H](C(=O)OCc2ccccc2)C(C)C)CCN(C(=O)OC(C)(C)C)CC1. The summed E-state index contributed by atoms with van der Waals surface area (Å²) in [6.45, 7) is 10.9. The Bertz CT molecular complexity index is 810. The van der Waals surface area contributed by atoms with Crippen molar-refractivity contribution in [2.75, 3.05) is 26.7 Å². The molecule has 34 heavy (non-hydrogen) atoms. The highest BCUT2D eigenvalue weighted by atomic mass is 16.6. The predicted molar refractivity (Wildman–Crippen MR) is 129 cm³/mol. The van der Waals surface area contributed by atoms with Gasteiger partial charge in [0.05, 0.1) is 12.5 Å². The summed E-state index contributed by atoms with van der Waals surface area (Å²) in [4.78, 5) is 39.5. The van der Waals surface area contributed by atoms with Gasteiger partial charge in [0.1, 0.15) is 18.2 Å². The molecule has 0 spiro atoms. The Morgan fingerprint density at radius 2 is 1.71 bits per heavy atom. The van der Waals surface area contributed by atoms with Gasteiger partial charge in [-0.25, -0.2) is 4.79 Å². The van der Waals surface area contributed by atoms with E-state index in [1.54, 1.807) is 4.90 Å². The molecule has 0 unspecified atom stereocenters. The van der Waals surface area contributed by atoms with Crippen molar-refractivity contribution in [3.63, 3.8) is 0 Å². The molecule has 0 aromatic heterocycles. The molecule has 1 N–H and O–H groups in total. The lowest BCUT2D eigenvalue weighted by molar-refractivity contribution is -0.156. The minimum atomic E-state index is -0.713. The number of benzene rings is 1. The van der Waals surface area contributed by atoms with E-state index in [4.69, 9.17) is 14.2 Å². The van der Waals surface area contributed by atoms with Crippen LogP contribution in [0.15, 0.2) is 30.3 Å². The second kappa shape index (κ2) is 12.2. The zero-order valence-electron chi connectivity index (χ0n) is 21.4. The van der Waals surface area contributed by atoms with Crippen molar-refractivity contribution in [3.05, 3.63) is 35.9 Å². The number of piperidine rings is 1. The molecule has 0 aliphatic carbocycles. The molecule has 0 radical (unpaired) electrons. The summed E-state index contributed by atoms with van der Waals surface area (Å²) in [5.41, 5.74) is -0.353. The van der Waals surface area contributed by atoms with Gasteiger partial charge in [-0.1, -0.05) is 44.2 Å².